The van der Waals surface area contributed by atoms with Gasteiger partial charge < -0.3 is 4.74 Å². The second-order valence-electron chi connectivity index (χ2n) is 6.62. The van der Waals surface area contributed by atoms with Gasteiger partial charge in [0.15, 0.2) is 0 Å². The Morgan fingerprint density at radius 1 is 1.17 bits per heavy atom. The quantitative estimate of drug-likeness (QED) is 0.857. The van der Waals surface area contributed by atoms with Gasteiger partial charge >= 0.3 is 0 Å². The summed E-state index contributed by atoms with van der Waals surface area (Å²) < 4.78 is 33.7. The molecule has 5 nitrogen and oxygen atoms in total. The van der Waals surface area contributed by atoms with Crippen molar-refractivity contribution in [2.75, 3.05) is 13.2 Å². The monoisotopic (exact) mass is 346 g/mol. The largest absolute Gasteiger partial charge is 0.375 e. The fourth-order valence-corrected chi connectivity index (χ4v) is 5.77. The predicted octanol–water partition coefficient (Wildman–Crippen LogP) is 2.71. The first-order valence-electron chi connectivity index (χ1n) is 8.59. The summed E-state index contributed by atoms with van der Waals surface area (Å²) in [6, 6.07) is 9.56. The molecule has 1 aliphatic carbocycles. The van der Waals surface area contributed by atoms with Crippen molar-refractivity contribution in [1.29, 1.82) is 0 Å². The zero-order valence-corrected chi connectivity index (χ0v) is 14.4. The lowest BCUT2D eigenvalue weighted by Crippen LogP contribution is -2.54. The molecule has 2 fully saturated rings. The van der Waals surface area contributed by atoms with Crippen LogP contribution in [0.2, 0.25) is 0 Å². The average Bonchev–Trinajstić information content (AvgIpc) is 2.61. The van der Waals surface area contributed by atoms with Gasteiger partial charge in [-0.15, -0.1) is 0 Å². The normalized spacial score (nSPS) is 25.5. The van der Waals surface area contributed by atoms with Crippen molar-refractivity contribution in [1.82, 2.24) is 9.29 Å². The Morgan fingerprint density at radius 3 is 2.92 bits per heavy atom. The molecular weight excluding hydrogens is 324 g/mol. The van der Waals surface area contributed by atoms with Crippen molar-refractivity contribution in [2.45, 2.75) is 43.6 Å². The molecule has 1 saturated carbocycles. The number of fused-ring (bicyclic) bond motifs is 2. The lowest BCUT2D eigenvalue weighted by atomic mass is 9.91. The minimum Gasteiger partial charge on any atom is -0.375 e. The zero-order chi connectivity index (χ0) is 16.6. The highest BCUT2D eigenvalue weighted by atomic mass is 32.2. The van der Waals surface area contributed by atoms with Crippen molar-refractivity contribution in [3.05, 3.63) is 42.1 Å². The van der Waals surface area contributed by atoms with E-state index in [0.29, 0.717) is 13.2 Å². The Morgan fingerprint density at radius 2 is 2.00 bits per heavy atom. The molecule has 2 atom stereocenters. The second kappa shape index (κ2) is 6.43. The van der Waals surface area contributed by atoms with Crippen LogP contribution in [-0.4, -0.2) is 43.0 Å². The molecule has 6 heteroatoms. The van der Waals surface area contributed by atoms with Crippen LogP contribution in [0, 0.1) is 0 Å². The van der Waals surface area contributed by atoms with Gasteiger partial charge in [0, 0.05) is 18.1 Å². The molecule has 2 heterocycles. The summed E-state index contributed by atoms with van der Waals surface area (Å²) in [5.74, 6) is 0.00454. The Labute approximate surface area is 142 Å². The molecule has 2 aromatic rings. The predicted molar refractivity (Wildman–Crippen MR) is 93.1 cm³/mol. The standard InChI is InChI=1S/C18H22N2O3S/c21-24(22,20-11-12-23-17-9-2-1-8-16(17)20)13-15-6-3-5-14-7-4-10-19-18(14)15/h3-7,10,16-17H,1-2,8-9,11-13H2. The van der Waals surface area contributed by atoms with Crippen molar-refractivity contribution in [3.8, 4) is 0 Å². The Bertz CT molecular complexity index is 830. The minimum absolute atomic E-state index is 0.000403. The number of pyridine rings is 1. The third kappa shape index (κ3) is 2.94. The van der Waals surface area contributed by atoms with Crippen LogP contribution in [0.15, 0.2) is 36.5 Å². The summed E-state index contributed by atoms with van der Waals surface area (Å²) in [5, 5.41) is 0.975. The van der Waals surface area contributed by atoms with Gasteiger partial charge in [-0.05, 0) is 24.5 Å². The number of nitrogens with zero attached hydrogens (tertiary/aromatic N) is 2. The fourth-order valence-electron chi connectivity index (χ4n) is 3.97. The van der Waals surface area contributed by atoms with Gasteiger partial charge in [0.25, 0.3) is 0 Å². The number of para-hydroxylation sites is 1. The van der Waals surface area contributed by atoms with Gasteiger partial charge in [-0.25, -0.2) is 8.42 Å². The molecular formula is C18H22N2O3S. The van der Waals surface area contributed by atoms with Crippen LogP contribution >= 0.6 is 0 Å². The lowest BCUT2D eigenvalue weighted by molar-refractivity contribution is -0.0586. The van der Waals surface area contributed by atoms with E-state index in [9.17, 15) is 8.42 Å². The number of benzene rings is 1. The molecule has 0 spiro atoms. The molecule has 1 aliphatic heterocycles. The maximum atomic E-state index is 13.1. The molecule has 2 aliphatic rings. The Hall–Kier alpha value is -1.50. The first-order valence-corrected chi connectivity index (χ1v) is 10.2. The van der Waals surface area contributed by atoms with E-state index in [2.05, 4.69) is 4.98 Å². The highest BCUT2D eigenvalue weighted by molar-refractivity contribution is 7.88. The lowest BCUT2D eigenvalue weighted by Gasteiger charge is -2.42. The molecule has 4 rings (SSSR count). The topological polar surface area (TPSA) is 59.5 Å². The van der Waals surface area contributed by atoms with Crippen LogP contribution in [-0.2, 0) is 20.5 Å². The molecule has 24 heavy (non-hydrogen) atoms. The van der Waals surface area contributed by atoms with Gasteiger partial charge in [-0.1, -0.05) is 37.1 Å². The SMILES string of the molecule is O=S(=O)(Cc1cccc2cccnc12)N1CCOC2CCCCC21. The van der Waals surface area contributed by atoms with Gasteiger partial charge in [-0.2, -0.15) is 4.31 Å². The number of hydrogen-bond donors (Lipinski definition) is 0. The summed E-state index contributed by atoms with van der Waals surface area (Å²) in [6.07, 6.45) is 5.84. The average molecular weight is 346 g/mol. The summed E-state index contributed by atoms with van der Waals surface area (Å²) in [6.45, 7) is 0.954. The van der Waals surface area contributed by atoms with Crippen LogP contribution in [0.25, 0.3) is 10.9 Å². The van der Waals surface area contributed by atoms with Crippen LogP contribution in [0.3, 0.4) is 0 Å². The van der Waals surface area contributed by atoms with E-state index in [4.69, 9.17) is 4.74 Å². The smallest absolute Gasteiger partial charge is 0.218 e. The molecule has 0 amide bonds. The molecule has 1 aromatic heterocycles. The van der Waals surface area contributed by atoms with Gasteiger partial charge in [0.1, 0.15) is 0 Å². The van der Waals surface area contributed by atoms with Gasteiger partial charge in [-0.3, -0.25) is 4.98 Å². The Kier molecular flexibility index (Phi) is 4.28. The van der Waals surface area contributed by atoms with E-state index in [1.165, 1.54) is 0 Å². The van der Waals surface area contributed by atoms with Crippen molar-refractivity contribution < 1.29 is 13.2 Å². The third-order valence-corrected chi connectivity index (χ3v) is 6.94. The highest BCUT2D eigenvalue weighted by Crippen LogP contribution is 2.31. The number of aromatic nitrogens is 1. The molecule has 128 valence electrons. The van der Waals surface area contributed by atoms with Crippen LogP contribution in [0.1, 0.15) is 31.2 Å². The van der Waals surface area contributed by atoms with E-state index >= 15 is 0 Å². The number of hydrogen-bond acceptors (Lipinski definition) is 4. The van der Waals surface area contributed by atoms with E-state index in [1.807, 2.05) is 30.3 Å². The van der Waals surface area contributed by atoms with Gasteiger partial charge in [0.05, 0.1) is 30.0 Å². The summed E-state index contributed by atoms with van der Waals surface area (Å²) >= 11 is 0. The maximum Gasteiger partial charge on any atom is 0.218 e. The number of ether oxygens (including phenoxy) is 1. The first-order chi connectivity index (χ1) is 11.6. The molecule has 0 bridgehead atoms. The fraction of sp³-hybridized carbons (Fsp3) is 0.500. The maximum absolute atomic E-state index is 13.1. The number of morpholine rings is 1. The van der Waals surface area contributed by atoms with Crippen LogP contribution in [0.4, 0.5) is 0 Å². The van der Waals surface area contributed by atoms with Crippen molar-refractivity contribution >= 4 is 20.9 Å². The van der Waals surface area contributed by atoms with Gasteiger partial charge in [0.2, 0.25) is 10.0 Å². The second-order valence-corrected chi connectivity index (χ2v) is 8.54. The van der Waals surface area contributed by atoms with E-state index in [1.54, 1.807) is 10.5 Å². The highest BCUT2D eigenvalue weighted by Gasteiger charge is 2.40. The van der Waals surface area contributed by atoms with E-state index in [0.717, 1.165) is 42.1 Å². The molecule has 1 saturated heterocycles. The summed E-state index contributed by atoms with van der Waals surface area (Å²) in [7, 11) is -3.38. The summed E-state index contributed by atoms with van der Waals surface area (Å²) in [4.78, 5) is 4.38. The molecule has 1 aromatic carbocycles. The van der Waals surface area contributed by atoms with E-state index in [-0.39, 0.29) is 17.9 Å². The summed E-state index contributed by atoms with van der Waals surface area (Å²) in [5.41, 5.74) is 1.55. The zero-order valence-electron chi connectivity index (χ0n) is 13.6. The van der Waals surface area contributed by atoms with Crippen LogP contribution < -0.4 is 0 Å². The molecule has 0 radical (unpaired) electrons. The minimum atomic E-state index is -3.38. The van der Waals surface area contributed by atoms with E-state index < -0.39 is 10.0 Å². The Balaban J connectivity index is 1.65. The number of rotatable bonds is 3. The van der Waals surface area contributed by atoms with Crippen LogP contribution in [0.5, 0.6) is 0 Å². The third-order valence-electron chi connectivity index (χ3n) is 5.09. The van der Waals surface area contributed by atoms with Crippen molar-refractivity contribution in [2.24, 2.45) is 0 Å². The number of sulfonamides is 1. The van der Waals surface area contributed by atoms with Crippen molar-refractivity contribution in [3.63, 3.8) is 0 Å². The molecule has 0 N–H and O–H groups in total. The molecule has 2 unspecified atom stereocenters. The first kappa shape index (κ1) is 16.0.